The van der Waals surface area contributed by atoms with Crippen molar-refractivity contribution in [1.82, 2.24) is 0 Å². The third-order valence-corrected chi connectivity index (χ3v) is 5.27. The van der Waals surface area contributed by atoms with Gasteiger partial charge in [0.2, 0.25) is 0 Å². The van der Waals surface area contributed by atoms with Crippen molar-refractivity contribution < 1.29 is 15.0 Å². The first kappa shape index (κ1) is 26.2. The molecule has 0 aliphatic carbocycles. The number of carbonyl (C=O) groups is 1. The second-order valence-electron chi connectivity index (χ2n) is 7.99. The first-order valence-electron chi connectivity index (χ1n) is 11.7. The van der Waals surface area contributed by atoms with Crippen LogP contribution in [0.3, 0.4) is 0 Å². The summed E-state index contributed by atoms with van der Waals surface area (Å²) in [6, 6.07) is 0. The molecule has 0 saturated heterocycles. The van der Waals surface area contributed by atoms with Gasteiger partial charge >= 0.3 is 5.97 Å². The van der Waals surface area contributed by atoms with Crippen LogP contribution in [0.5, 0.6) is 0 Å². The summed E-state index contributed by atoms with van der Waals surface area (Å²) in [4.78, 5) is 10.5. The van der Waals surface area contributed by atoms with Crippen molar-refractivity contribution in [3.63, 3.8) is 0 Å². The van der Waals surface area contributed by atoms with Gasteiger partial charge in [-0.1, -0.05) is 109 Å². The molecule has 0 heterocycles. The number of unbranched alkanes of at least 4 members (excludes halogenated alkanes) is 16. The van der Waals surface area contributed by atoms with Crippen molar-refractivity contribution in [2.45, 2.75) is 135 Å². The third kappa shape index (κ3) is 21.3. The van der Waals surface area contributed by atoms with E-state index in [1.165, 1.54) is 83.5 Å². The molecule has 0 aromatic rings. The minimum absolute atomic E-state index is 0.379. The summed E-state index contributed by atoms with van der Waals surface area (Å²) in [7, 11) is 0. The topological polar surface area (TPSA) is 57.5 Å². The molecule has 27 heavy (non-hydrogen) atoms. The maximum atomic E-state index is 10.5. The average Bonchev–Trinajstić information content (AvgIpc) is 2.66. The predicted molar refractivity (Wildman–Crippen MR) is 116 cm³/mol. The Balaban J connectivity index is 3.14. The zero-order valence-corrected chi connectivity index (χ0v) is 18.0. The molecule has 0 aliphatic rings. The van der Waals surface area contributed by atoms with Crippen LogP contribution in [0, 0.1) is 0 Å². The minimum Gasteiger partial charge on any atom is -0.479 e. The second kappa shape index (κ2) is 21.5. The summed E-state index contributed by atoms with van der Waals surface area (Å²) in [6.45, 7) is 2.28. The quantitative estimate of drug-likeness (QED) is 0.160. The van der Waals surface area contributed by atoms with Crippen molar-refractivity contribution >= 4 is 5.97 Å². The summed E-state index contributed by atoms with van der Waals surface area (Å²) < 4.78 is 0. The largest absolute Gasteiger partial charge is 0.479 e. The highest BCUT2D eigenvalue weighted by molar-refractivity contribution is 5.71. The summed E-state index contributed by atoms with van der Waals surface area (Å²) in [5.41, 5.74) is 0. The molecule has 0 aromatic carbocycles. The van der Waals surface area contributed by atoms with Crippen LogP contribution in [-0.2, 0) is 4.79 Å². The summed E-state index contributed by atoms with van der Waals surface area (Å²) in [5, 5.41) is 17.7. The van der Waals surface area contributed by atoms with Crippen molar-refractivity contribution in [2.75, 3.05) is 0 Å². The van der Waals surface area contributed by atoms with Gasteiger partial charge in [-0.2, -0.15) is 0 Å². The Bertz CT molecular complexity index is 339. The highest BCUT2D eigenvalue weighted by Crippen LogP contribution is 2.13. The Labute approximate surface area is 168 Å². The molecule has 1 atom stereocenters. The fourth-order valence-electron chi connectivity index (χ4n) is 3.42. The van der Waals surface area contributed by atoms with Crippen LogP contribution in [0.15, 0.2) is 12.2 Å². The van der Waals surface area contributed by atoms with Gasteiger partial charge < -0.3 is 10.2 Å². The first-order valence-corrected chi connectivity index (χ1v) is 11.7. The molecular formula is C24H46O3. The Hall–Kier alpha value is -0.830. The lowest BCUT2D eigenvalue weighted by Crippen LogP contribution is -2.18. The van der Waals surface area contributed by atoms with Crippen molar-refractivity contribution in [2.24, 2.45) is 0 Å². The number of hydrogen-bond acceptors (Lipinski definition) is 2. The van der Waals surface area contributed by atoms with Crippen LogP contribution in [0.1, 0.15) is 129 Å². The van der Waals surface area contributed by atoms with Gasteiger partial charge in [-0.25, -0.2) is 4.79 Å². The minimum atomic E-state index is -1.18. The Morgan fingerprint density at radius 1 is 0.667 bits per heavy atom. The molecular weight excluding hydrogens is 336 g/mol. The number of aliphatic carboxylic acids is 1. The van der Waals surface area contributed by atoms with Gasteiger partial charge in [-0.15, -0.1) is 0 Å². The molecule has 0 spiro atoms. The van der Waals surface area contributed by atoms with Crippen LogP contribution in [0.25, 0.3) is 0 Å². The number of rotatable bonds is 21. The molecule has 0 rings (SSSR count). The number of aliphatic hydroxyl groups is 1. The third-order valence-electron chi connectivity index (χ3n) is 5.27. The molecule has 0 aliphatic heterocycles. The fraction of sp³-hybridized carbons (Fsp3) is 0.875. The molecule has 0 aromatic heterocycles. The van der Waals surface area contributed by atoms with Crippen LogP contribution >= 0.6 is 0 Å². The molecule has 3 nitrogen and oxygen atoms in total. The lowest BCUT2D eigenvalue weighted by Gasteiger charge is -2.04. The predicted octanol–water partition coefficient (Wildman–Crippen LogP) is 7.42. The van der Waals surface area contributed by atoms with E-state index in [1.54, 1.807) is 0 Å². The molecule has 2 N–H and O–H groups in total. The molecule has 0 amide bonds. The maximum absolute atomic E-state index is 10.5. The van der Waals surface area contributed by atoms with Crippen LogP contribution in [0.4, 0.5) is 0 Å². The molecule has 0 fully saturated rings. The standard InChI is InChI=1S/C24H46O3/c1-2-3-4-5-6-7-8-9-10-11-12-13-14-15-16-17-18-19-20-21-22-23(25)24(26)27/h15-16,23,25H,2-14,17-22H2,1H3,(H,26,27)/t23-/m0/s1. The van der Waals surface area contributed by atoms with Crippen molar-refractivity contribution in [1.29, 1.82) is 0 Å². The molecule has 0 radical (unpaired) electrons. The van der Waals surface area contributed by atoms with E-state index in [2.05, 4.69) is 19.1 Å². The van der Waals surface area contributed by atoms with E-state index in [-0.39, 0.29) is 0 Å². The van der Waals surface area contributed by atoms with Crippen LogP contribution in [0.2, 0.25) is 0 Å². The Morgan fingerprint density at radius 3 is 1.44 bits per heavy atom. The lowest BCUT2D eigenvalue weighted by atomic mass is 10.0. The smallest absolute Gasteiger partial charge is 0.332 e. The fourth-order valence-corrected chi connectivity index (χ4v) is 3.42. The highest BCUT2D eigenvalue weighted by Gasteiger charge is 2.11. The van der Waals surface area contributed by atoms with E-state index < -0.39 is 12.1 Å². The number of carboxylic acids is 1. The molecule has 0 bridgehead atoms. The first-order chi connectivity index (χ1) is 13.2. The van der Waals surface area contributed by atoms with Crippen molar-refractivity contribution in [3.05, 3.63) is 12.2 Å². The molecule has 0 unspecified atom stereocenters. The SMILES string of the molecule is CCCCCCCCCCCCCCC=CCCCCCC[C@H](O)C(=O)O. The molecule has 160 valence electrons. The number of hydrogen-bond donors (Lipinski definition) is 2. The second-order valence-corrected chi connectivity index (χ2v) is 7.99. The van der Waals surface area contributed by atoms with Gasteiger partial charge in [0.1, 0.15) is 0 Å². The Kier molecular flexibility index (Phi) is 20.8. The van der Waals surface area contributed by atoms with E-state index in [1.807, 2.05) is 0 Å². The normalized spacial score (nSPS) is 12.7. The summed E-state index contributed by atoms with van der Waals surface area (Å²) >= 11 is 0. The van der Waals surface area contributed by atoms with E-state index in [4.69, 9.17) is 10.2 Å². The maximum Gasteiger partial charge on any atom is 0.332 e. The van der Waals surface area contributed by atoms with E-state index in [9.17, 15) is 4.79 Å². The number of aliphatic hydroxyl groups excluding tert-OH is 1. The lowest BCUT2D eigenvalue weighted by molar-refractivity contribution is -0.146. The van der Waals surface area contributed by atoms with E-state index >= 15 is 0 Å². The van der Waals surface area contributed by atoms with Crippen LogP contribution < -0.4 is 0 Å². The van der Waals surface area contributed by atoms with Crippen molar-refractivity contribution in [3.8, 4) is 0 Å². The average molecular weight is 383 g/mol. The Morgan fingerprint density at radius 2 is 1.04 bits per heavy atom. The zero-order chi connectivity index (χ0) is 20.0. The summed E-state index contributed by atoms with van der Waals surface area (Å²) in [5.74, 6) is -1.10. The van der Waals surface area contributed by atoms with Gasteiger partial charge in [0, 0.05) is 0 Å². The van der Waals surface area contributed by atoms with Gasteiger partial charge in [0.15, 0.2) is 6.10 Å². The summed E-state index contributed by atoms with van der Waals surface area (Å²) in [6.07, 6.45) is 27.1. The number of carboxylic acid groups (broad SMARTS) is 1. The zero-order valence-electron chi connectivity index (χ0n) is 18.0. The van der Waals surface area contributed by atoms with Crippen LogP contribution in [-0.4, -0.2) is 22.3 Å². The van der Waals surface area contributed by atoms with E-state index in [0.29, 0.717) is 6.42 Å². The monoisotopic (exact) mass is 382 g/mol. The van der Waals surface area contributed by atoms with Gasteiger partial charge in [-0.3, -0.25) is 0 Å². The van der Waals surface area contributed by atoms with Gasteiger partial charge in [0.25, 0.3) is 0 Å². The van der Waals surface area contributed by atoms with E-state index in [0.717, 1.165) is 32.1 Å². The van der Waals surface area contributed by atoms with Gasteiger partial charge in [0.05, 0.1) is 0 Å². The van der Waals surface area contributed by atoms with Gasteiger partial charge in [-0.05, 0) is 32.1 Å². The number of allylic oxidation sites excluding steroid dienone is 2. The highest BCUT2D eigenvalue weighted by atomic mass is 16.4. The molecule has 0 saturated carbocycles. The molecule has 3 heteroatoms.